The van der Waals surface area contributed by atoms with E-state index in [2.05, 4.69) is 22.8 Å². The lowest BCUT2D eigenvalue weighted by atomic mass is 9.99. The average Bonchev–Trinajstić information content (AvgIpc) is 2.66. The van der Waals surface area contributed by atoms with Crippen molar-refractivity contribution in [1.29, 1.82) is 0 Å². The van der Waals surface area contributed by atoms with Gasteiger partial charge in [0.15, 0.2) is 0 Å². The monoisotopic (exact) mass is 342 g/mol. The molecule has 1 aliphatic heterocycles. The van der Waals surface area contributed by atoms with Gasteiger partial charge in [-0.1, -0.05) is 24.3 Å². The van der Waals surface area contributed by atoms with Gasteiger partial charge < -0.3 is 24.8 Å². The molecule has 132 valence electrons. The number of methoxy groups -OCH3 is 2. The zero-order valence-corrected chi connectivity index (χ0v) is 14.4. The molecule has 0 saturated carbocycles. The van der Waals surface area contributed by atoms with Crippen LogP contribution in [0.4, 0.5) is 10.5 Å². The highest BCUT2D eigenvalue weighted by molar-refractivity contribution is 5.91. The van der Waals surface area contributed by atoms with Crippen LogP contribution in [-0.4, -0.2) is 32.9 Å². The minimum atomic E-state index is -0.300. The molecule has 6 heteroatoms. The van der Waals surface area contributed by atoms with E-state index in [0.29, 0.717) is 30.3 Å². The Hall–Kier alpha value is -2.73. The molecule has 2 amide bonds. The van der Waals surface area contributed by atoms with Gasteiger partial charge in [0.2, 0.25) is 0 Å². The summed E-state index contributed by atoms with van der Waals surface area (Å²) in [6, 6.07) is 13.1. The SMILES string of the molecule is COc1ccc(NC(=O)NCC2Cc3ccccc3CO2)c(OC)c1. The van der Waals surface area contributed by atoms with E-state index in [-0.39, 0.29) is 12.1 Å². The smallest absolute Gasteiger partial charge is 0.319 e. The molecule has 2 aromatic carbocycles. The Bertz CT molecular complexity index is 748. The van der Waals surface area contributed by atoms with Crippen LogP contribution in [-0.2, 0) is 17.8 Å². The third-order valence-electron chi connectivity index (χ3n) is 4.19. The van der Waals surface area contributed by atoms with Crippen molar-refractivity contribution in [2.24, 2.45) is 0 Å². The van der Waals surface area contributed by atoms with Gasteiger partial charge in [0.25, 0.3) is 0 Å². The number of carbonyl (C=O) groups excluding carboxylic acids is 1. The molecule has 0 aliphatic carbocycles. The van der Waals surface area contributed by atoms with E-state index < -0.39 is 0 Å². The molecule has 0 bridgehead atoms. The van der Waals surface area contributed by atoms with Crippen LogP contribution in [0.2, 0.25) is 0 Å². The molecule has 6 nitrogen and oxygen atoms in total. The van der Waals surface area contributed by atoms with Crippen LogP contribution in [0.5, 0.6) is 11.5 Å². The van der Waals surface area contributed by atoms with E-state index in [0.717, 1.165) is 6.42 Å². The van der Waals surface area contributed by atoms with Crippen molar-refractivity contribution in [3.8, 4) is 11.5 Å². The molecule has 1 heterocycles. The van der Waals surface area contributed by atoms with Crippen LogP contribution >= 0.6 is 0 Å². The molecule has 0 saturated heterocycles. The largest absolute Gasteiger partial charge is 0.497 e. The molecule has 0 aromatic heterocycles. The molecule has 2 aromatic rings. The van der Waals surface area contributed by atoms with Crippen LogP contribution in [0.3, 0.4) is 0 Å². The van der Waals surface area contributed by atoms with Crippen LogP contribution in [0.15, 0.2) is 42.5 Å². The first-order valence-electron chi connectivity index (χ1n) is 8.15. The second-order valence-electron chi connectivity index (χ2n) is 5.81. The molecule has 0 radical (unpaired) electrons. The first kappa shape index (κ1) is 17.1. The Kier molecular flexibility index (Phi) is 5.40. The summed E-state index contributed by atoms with van der Waals surface area (Å²) >= 11 is 0. The third-order valence-corrected chi connectivity index (χ3v) is 4.19. The van der Waals surface area contributed by atoms with Crippen molar-refractivity contribution in [3.63, 3.8) is 0 Å². The topological polar surface area (TPSA) is 68.8 Å². The lowest BCUT2D eigenvalue weighted by Gasteiger charge is -2.25. The predicted octanol–water partition coefficient (Wildman–Crippen LogP) is 2.97. The summed E-state index contributed by atoms with van der Waals surface area (Å²) < 4.78 is 16.2. The van der Waals surface area contributed by atoms with Gasteiger partial charge in [-0.25, -0.2) is 4.79 Å². The fourth-order valence-electron chi connectivity index (χ4n) is 2.82. The summed E-state index contributed by atoms with van der Waals surface area (Å²) in [7, 11) is 3.13. The van der Waals surface area contributed by atoms with Gasteiger partial charge in [-0.3, -0.25) is 0 Å². The number of urea groups is 1. The molecule has 25 heavy (non-hydrogen) atoms. The quantitative estimate of drug-likeness (QED) is 0.876. The average molecular weight is 342 g/mol. The second kappa shape index (κ2) is 7.90. The number of benzene rings is 2. The second-order valence-corrected chi connectivity index (χ2v) is 5.81. The number of fused-ring (bicyclic) bond motifs is 1. The summed E-state index contributed by atoms with van der Waals surface area (Å²) in [5.74, 6) is 1.20. The minimum Gasteiger partial charge on any atom is -0.497 e. The number of nitrogens with one attached hydrogen (secondary N) is 2. The first-order chi connectivity index (χ1) is 12.2. The molecule has 2 N–H and O–H groups in total. The molecule has 3 rings (SSSR count). The summed E-state index contributed by atoms with van der Waals surface area (Å²) in [5, 5.41) is 5.64. The molecular weight excluding hydrogens is 320 g/mol. The van der Waals surface area contributed by atoms with Crippen molar-refractivity contribution in [2.75, 3.05) is 26.1 Å². The number of hydrogen-bond acceptors (Lipinski definition) is 4. The van der Waals surface area contributed by atoms with E-state index in [9.17, 15) is 4.79 Å². The Morgan fingerprint density at radius 1 is 1.16 bits per heavy atom. The fourth-order valence-corrected chi connectivity index (χ4v) is 2.82. The van der Waals surface area contributed by atoms with Gasteiger partial charge in [0, 0.05) is 19.0 Å². The van der Waals surface area contributed by atoms with E-state index in [1.807, 2.05) is 12.1 Å². The van der Waals surface area contributed by atoms with Gasteiger partial charge >= 0.3 is 6.03 Å². The van der Waals surface area contributed by atoms with Crippen molar-refractivity contribution < 1.29 is 19.0 Å². The molecule has 1 aliphatic rings. The zero-order valence-electron chi connectivity index (χ0n) is 14.4. The molecule has 1 unspecified atom stereocenters. The highest BCUT2D eigenvalue weighted by Crippen LogP contribution is 2.28. The Morgan fingerprint density at radius 2 is 1.96 bits per heavy atom. The number of carbonyl (C=O) groups is 1. The van der Waals surface area contributed by atoms with Crippen molar-refractivity contribution in [3.05, 3.63) is 53.6 Å². The van der Waals surface area contributed by atoms with Crippen molar-refractivity contribution in [2.45, 2.75) is 19.1 Å². The van der Waals surface area contributed by atoms with Crippen molar-refractivity contribution in [1.82, 2.24) is 5.32 Å². The van der Waals surface area contributed by atoms with Crippen LogP contribution in [0.25, 0.3) is 0 Å². The van der Waals surface area contributed by atoms with E-state index in [1.165, 1.54) is 11.1 Å². The summed E-state index contributed by atoms with van der Waals surface area (Å²) in [6.07, 6.45) is 0.765. The molecule has 0 fully saturated rings. The number of anilines is 1. The standard InChI is InChI=1S/C19H22N2O4/c1-23-15-7-8-17(18(10-15)24-2)21-19(22)20-11-16-9-13-5-3-4-6-14(13)12-25-16/h3-8,10,16H,9,11-12H2,1-2H3,(H2,20,21,22). The summed E-state index contributed by atoms with van der Waals surface area (Å²) in [6.45, 7) is 1.02. The van der Waals surface area contributed by atoms with Gasteiger partial charge in [0.1, 0.15) is 11.5 Å². The van der Waals surface area contributed by atoms with Crippen LogP contribution in [0, 0.1) is 0 Å². The van der Waals surface area contributed by atoms with Gasteiger partial charge in [-0.2, -0.15) is 0 Å². The number of ether oxygens (including phenoxy) is 3. The van der Waals surface area contributed by atoms with Crippen molar-refractivity contribution >= 4 is 11.7 Å². The third kappa shape index (κ3) is 4.22. The van der Waals surface area contributed by atoms with E-state index in [4.69, 9.17) is 14.2 Å². The molecular formula is C19H22N2O4. The van der Waals surface area contributed by atoms with Crippen LogP contribution in [0.1, 0.15) is 11.1 Å². The van der Waals surface area contributed by atoms with E-state index in [1.54, 1.807) is 32.4 Å². The minimum absolute atomic E-state index is 0.0292. The Labute approximate surface area is 147 Å². The highest BCUT2D eigenvalue weighted by Gasteiger charge is 2.19. The van der Waals surface area contributed by atoms with Crippen LogP contribution < -0.4 is 20.1 Å². The highest BCUT2D eigenvalue weighted by atomic mass is 16.5. The van der Waals surface area contributed by atoms with Gasteiger partial charge in [-0.15, -0.1) is 0 Å². The molecule has 1 atom stereocenters. The number of amides is 2. The van der Waals surface area contributed by atoms with E-state index >= 15 is 0 Å². The zero-order chi connectivity index (χ0) is 17.6. The Balaban J connectivity index is 1.54. The Morgan fingerprint density at radius 3 is 2.72 bits per heavy atom. The van der Waals surface area contributed by atoms with Gasteiger partial charge in [-0.05, 0) is 23.3 Å². The first-order valence-corrected chi connectivity index (χ1v) is 8.15. The predicted molar refractivity (Wildman–Crippen MR) is 95.3 cm³/mol. The summed E-state index contributed by atoms with van der Waals surface area (Å²) in [4.78, 5) is 12.2. The fraction of sp³-hybridized carbons (Fsp3) is 0.316. The normalized spacial score (nSPS) is 15.8. The molecule has 0 spiro atoms. The maximum absolute atomic E-state index is 12.2. The lowest BCUT2D eigenvalue weighted by Crippen LogP contribution is -2.38. The maximum atomic E-state index is 12.2. The number of hydrogen-bond donors (Lipinski definition) is 2. The lowest BCUT2D eigenvalue weighted by molar-refractivity contribution is 0.0308. The van der Waals surface area contributed by atoms with Gasteiger partial charge in [0.05, 0.1) is 32.6 Å². The number of rotatable bonds is 5. The summed E-state index contributed by atoms with van der Waals surface area (Å²) in [5.41, 5.74) is 3.07. The maximum Gasteiger partial charge on any atom is 0.319 e.